The van der Waals surface area contributed by atoms with E-state index < -0.39 is 74.6 Å². The van der Waals surface area contributed by atoms with E-state index in [0.717, 1.165) is 4.57 Å². The van der Waals surface area contributed by atoms with Gasteiger partial charge in [0.15, 0.2) is 0 Å². The molecule has 2 amide bonds. The quantitative estimate of drug-likeness (QED) is 0.162. The Hall–Kier alpha value is -6.03. The average Bonchev–Trinajstić information content (AvgIpc) is 3.12. The van der Waals surface area contributed by atoms with Gasteiger partial charge in [-0.3, -0.25) is 28.7 Å². The summed E-state index contributed by atoms with van der Waals surface area (Å²) >= 11 is 0. The van der Waals surface area contributed by atoms with Gasteiger partial charge in [0.1, 0.15) is 28.7 Å². The van der Waals surface area contributed by atoms with Crippen LogP contribution in [0.25, 0.3) is 16.6 Å². The number of pyridine rings is 1. The van der Waals surface area contributed by atoms with Gasteiger partial charge in [-0.1, -0.05) is 32.9 Å². The zero-order valence-electron chi connectivity index (χ0n) is 30.2. The van der Waals surface area contributed by atoms with Gasteiger partial charge in [0.2, 0.25) is 5.91 Å². The molecule has 5 rings (SSSR count). The van der Waals surface area contributed by atoms with Crippen LogP contribution in [0.1, 0.15) is 50.5 Å². The van der Waals surface area contributed by atoms with Crippen molar-refractivity contribution >= 4 is 51.0 Å². The van der Waals surface area contributed by atoms with E-state index in [9.17, 15) is 28.2 Å². The van der Waals surface area contributed by atoms with Crippen LogP contribution in [0.2, 0.25) is 0 Å². The van der Waals surface area contributed by atoms with Gasteiger partial charge in [-0.05, 0) is 67.9 Å². The van der Waals surface area contributed by atoms with Gasteiger partial charge < -0.3 is 15.4 Å². The van der Waals surface area contributed by atoms with Crippen LogP contribution < -0.4 is 26.6 Å². The smallest absolute Gasteiger partial charge is 0.335 e. The Labute approximate surface area is 311 Å². The fraction of sp³-hybridized carbons (Fsp3) is 0.263. The lowest BCUT2D eigenvalue weighted by Crippen LogP contribution is -2.44. The van der Waals surface area contributed by atoms with E-state index in [1.165, 1.54) is 66.5 Å². The molecule has 0 fully saturated rings. The number of benzene rings is 3. The number of nitrogens with zero attached hydrogens (tertiary/aromatic N) is 3. The molecule has 13 nitrogen and oxygen atoms in total. The molecule has 2 unspecified atom stereocenters. The fourth-order valence-electron chi connectivity index (χ4n) is 5.22. The van der Waals surface area contributed by atoms with E-state index in [0.29, 0.717) is 28.9 Å². The summed E-state index contributed by atoms with van der Waals surface area (Å²) in [5.74, 6) is -4.43. The monoisotopic (exact) mass is 760 g/mol. The zero-order chi connectivity index (χ0) is 39.5. The molecule has 16 heteroatoms. The largest absolute Gasteiger partial charge is 0.461 e. The average molecular weight is 761 g/mol. The molecule has 0 radical (unpaired) electrons. The molecule has 5 aromatic rings. The molecule has 3 aromatic carbocycles. The molecule has 0 saturated heterocycles. The Morgan fingerprint density at radius 3 is 2.24 bits per heavy atom. The van der Waals surface area contributed by atoms with Crippen molar-refractivity contribution < 1.29 is 32.1 Å². The van der Waals surface area contributed by atoms with E-state index in [-0.39, 0.29) is 28.3 Å². The maximum Gasteiger partial charge on any atom is 0.335 e. The van der Waals surface area contributed by atoms with Gasteiger partial charge in [0.05, 0.1) is 45.0 Å². The number of ether oxygens (including phenoxy) is 1. The highest BCUT2D eigenvalue weighted by Crippen LogP contribution is 2.24. The Morgan fingerprint density at radius 2 is 1.61 bits per heavy atom. The number of carbonyl (C=O) groups is 3. The minimum absolute atomic E-state index is 0.144. The molecule has 0 aliphatic heterocycles. The van der Waals surface area contributed by atoms with E-state index in [1.54, 1.807) is 46.8 Å². The molecule has 2 aromatic heterocycles. The molecular weight excluding hydrogens is 723 g/mol. The van der Waals surface area contributed by atoms with Crippen LogP contribution in [0, 0.1) is 17.0 Å². The summed E-state index contributed by atoms with van der Waals surface area (Å²) in [6.45, 7) is 8.46. The normalized spacial score (nSPS) is 12.6. The number of aryl methyl sites for hydroxylation is 1. The number of anilines is 2. The Balaban J connectivity index is 1.32. The van der Waals surface area contributed by atoms with Gasteiger partial charge in [-0.15, -0.1) is 0 Å². The van der Waals surface area contributed by atoms with E-state index in [4.69, 9.17) is 4.74 Å². The van der Waals surface area contributed by atoms with Crippen LogP contribution in [0.4, 0.5) is 20.2 Å². The second kappa shape index (κ2) is 15.9. The lowest BCUT2D eigenvalue weighted by Gasteiger charge is -2.20. The standard InChI is InChI=1S/C38H38F2N6O7S/c1-21(2)53-35(49)31(17-22-7-11-24(12-8-22)46-34(48)26-15-16-41-20-32(26)45(6)37(46)51)43-33(47)27-18-29(40)30(19-28(27)39)44-54(52)25-13-9-23(10-14-25)42-36(50)38(3,4)5/h7-16,18-21,31,44H,17H2,1-6H3,(H,42,50)(H,43,47). The van der Waals surface area contributed by atoms with Gasteiger partial charge in [0.25, 0.3) is 11.5 Å². The first-order chi connectivity index (χ1) is 25.4. The van der Waals surface area contributed by atoms with Crippen molar-refractivity contribution in [1.82, 2.24) is 19.4 Å². The highest BCUT2D eigenvalue weighted by atomic mass is 32.2. The molecule has 0 bridgehead atoms. The molecule has 282 valence electrons. The van der Waals surface area contributed by atoms with Crippen LogP contribution in [0.5, 0.6) is 0 Å². The predicted octanol–water partition coefficient (Wildman–Crippen LogP) is 4.77. The lowest BCUT2D eigenvalue weighted by molar-refractivity contribution is -0.149. The number of aromatic nitrogens is 3. The second-order valence-electron chi connectivity index (χ2n) is 13.7. The third kappa shape index (κ3) is 8.77. The lowest BCUT2D eigenvalue weighted by atomic mass is 9.95. The van der Waals surface area contributed by atoms with E-state index in [2.05, 4.69) is 20.3 Å². The summed E-state index contributed by atoms with van der Waals surface area (Å²) in [6.07, 6.45) is 2.16. The van der Waals surface area contributed by atoms with E-state index in [1.807, 2.05) is 0 Å². The Morgan fingerprint density at radius 1 is 0.944 bits per heavy atom. The minimum atomic E-state index is -2.05. The highest BCUT2D eigenvalue weighted by Gasteiger charge is 2.27. The van der Waals surface area contributed by atoms with Gasteiger partial charge in [-0.2, -0.15) is 0 Å². The zero-order valence-corrected chi connectivity index (χ0v) is 31.0. The first-order valence-electron chi connectivity index (χ1n) is 16.7. The van der Waals surface area contributed by atoms with Crippen molar-refractivity contribution in [2.45, 2.75) is 58.1 Å². The topological polar surface area (TPSA) is 170 Å². The van der Waals surface area contributed by atoms with Gasteiger partial charge in [-0.25, -0.2) is 27.1 Å². The van der Waals surface area contributed by atoms with Crippen molar-refractivity contribution in [2.75, 3.05) is 10.0 Å². The van der Waals surface area contributed by atoms with Crippen molar-refractivity contribution in [1.29, 1.82) is 0 Å². The Kier molecular flexibility index (Phi) is 11.5. The van der Waals surface area contributed by atoms with Crippen LogP contribution in [0.15, 0.2) is 93.6 Å². The Bertz CT molecular complexity index is 2390. The number of hydrogen-bond acceptors (Lipinski definition) is 8. The molecule has 2 atom stereocenters. The maximum atomic E-state index is 15.3. The third-order valence-electron chi connectivity index (χ3n) is 8.16. The molecule has 2 heterocycles. The first-order valence-corrected chi connectivity index (χ1v) is 17.8. The SMILES string of the molecule is CC(C)OC(=O)C(Cc1ccc(-n2c(=O)c3ccncc3n(C)c2=O)cc1)NC(=O)c1cc(F)c(NS(=O)c2ccc(NC(=O)C(C)(C)C)cc2)cc1F. The molecular formula is C38H38F2N6O7S. The second-order valence-corrected chi connectivity index (χ2v) is 14.9. The number of carbonyl (C=O) groups excluding carboxylic acids is 3. The molecule has 0 aliphatic rings. The number of fused-ring (bicyclic) bond motifs is 1. The molecule has 0 spiro atoms. The van der Waals surface area contributed by atoms with E-state index >= 15 is 8.78 Å². The van der Waals surface area contributed by atoms with Crippen LogP contribution in [-0.2, 0) is 38.8 Å². The van der Waals surface area contributed by atoms with Crippen molar-refractivity contribution in [2.24, 2.45) is 12.5 Å². The van der Waals surface area contributed by atoms with Gasteiger partial charge in [0, 0.05) is 36.8 Å². The van der Waals surface area contributed by atoms with Crippen LogP contribution in [-0.4, -0.2) is 48.3 Å². The highest BCUT2D eigenvalue weighted by molar-refractivity contribution is 7.86. The van der Waals surface area contributed by atoms with Crippen molar-refractivity contribution in [3.63, 3.8) is 0 Å². The van der Waals surface area contributed by atoms with Crippen molar-refractivity contribution in [3.05, 3.63) is 123 Å². The van der Waals surface area contributed by atoms with Crippen molar-refractivity contribution in [3.8, 4) is 5.69 Å². The predicted molar refractivity (Wildman–Crippen MR) is 200 cm³/mol. The third-order valence-corrected chi connectivity index (χ3v) is 9.27. The summed E-state index contributed by atoms with van der Waals surface area (Å²) in [4.78, 5) is 69.0. The van der Waals surface area contributed by atoms with Gasteiger partial charge >= 0.3 is 11.7 Å². The van der Waals surface area contributed by atoms with Crippen LogP contribution >= 0.6 is 0 Å². The molecule has 3 N–H and O–H groups in total. The summed E-state index contributed by atoms with van der Waals surface area (Å²) in [5, 5.41) is 5.43. The number of nitrogens with one attached hydrogen (secondary N) is 3. The number of rotatable bonds is 11. The first kappa shape index (κ1) is 39.2. The molecule has 0 aliphatic carbocycles. The fourth-order valence-corrected chi connectivity index (χ4v) is 6.08. The minimum Gasteiger partial charge on any atom is -0.461 e. The van der Waals surface area contributed by atoms with Crippen LogP contribution in [0.3, 0.4) is 0 Å². The number of halogens is 2. The summed E-state index contributed by atoms with van der Waals surface area (Å²) in [7, 11) is -0.532. The summed E-state index contributed by atoms with van der Waals surface area (Å²) in [5.41, 5.74) is -1.43. The summed E-state index contributed by atoms with van der Waals surface area (Å²) < 4.78 is 53.4. The number of esters is 1. The number of hydrogen-bond donors (Lipinski definition) is 3. The molecule has 54 heavy (non-hydrogen) atoms. The summed E-state index contributed by atoms with van der Waals surface area (Å²) in [6, 6.07) is 13.5. The number of amides is 2. The maximum absolute atomic E-state index is 15.3. The molecule has 0 saturated carbocycles.